The molecule has 0 aliphatic carbocycles. The summed E-state index contributed by atoms with van der Waals surface area (Å²) in [6.45, 7) is 2.41. The van der Waals surface area contributed by atoms with E-state index >= 15 is 0 Å². The Morgan fingerprint density at radius 3 is 1.91 bits per heavy atom. The van der Waals surface area contributed by atoms with Gasteiger partial charge in [0.2, 0.25) is 0 Å². The molecule has 0 radical (unpaired) electrons. The van der Waals surface area contributed by atoms with Gasteiger partial charge in [0.15, 0.2) is 9.84 Å². The molecule has 10 nitrogen and oxygen atoms in total. The maximum Gasteiger partial charge on any atom is 0.271 e. The van der Waals surface area contributed by atoms with Crippen LogP contribution in [0.15, 0.2) is 71.6 Å². The Hall–Kier alpha value is -4.25. The Balaban J connectivity index is 1.72. The van der Waals surface area contributed by atoms with Crippen LogP contribution in [-0.4, -0.2) is 38.0 Å². The molecule has 2 N–H and O–H groups in total. The minimum absolute atomic E-state index is 0.188. The van der Waals surface area contributed by atoms with Crippen LogP contribution in [-0.2, 0) is 9.84 Å². The number of hydrogen-bond donors (Lipinski definition) is 2. The van der Waals surface area contributed by atoms with Crippen molar-refractivity contribution in [3.63, 3.8) is 0 Å². The number of nitrogens with zero attached hydrogens (tertiary/aromatic N) is 1. The second-order valence-corrected chi connectivity index (χ2v) is 9.20. The number of anilines is 2. The van der Waals surface area contributed by atoms with Crippen LogP contribution in [0.25, 0.3) is 0 Å². The van der Waals surface area contributed by atoms with Gasteiger partial charge in [0.05, 0.1) is 16.4 Å². The van der Waals surface area contributed by atoms with E-state index in [1.807, 2.05) is 6.92 Å². The first kappa shape index (κ1) is 24.4. The number of non-ortho nitro benzene ring substituents is 1. The number of amides is 2. The van der Waals surface area contributed by atoms with Gasteiger partial charge in [0.1, 0.15) is 5.75 Å². The molecule has 0 bridgehead atoms. The summed E-state index contributed by atoms with van der Waals surface area (Å²) >= 11 is 0. The molecule has 3 aromatic rings. The van der Waals surface area contributed by atoms with Crippen molar-refractivity contribution in [3.8, 4) is 5.75 Å². The van der Waals surface area contributed by atoms with E-state index in [4.69, 9.17) is 4.74 Å². The molecule has 0 unspecified atom stereocenters. The van der Waals surface area contributed by atoms with Crippen molar-refractivity contribution in [2.45, 2.75) is 11.8 Å². The Labute approximate surface area is 195 Å². The number of rotatable bonds is 8. The number of hydrogen-bond acceptors (Lipinski definition) is 7. The SMILES string of the molecule is CCOc1ccc(NC(=O)c2ccc(NC(=O)c3cc([N+](=O)[O-])cc(S(C)(=O)=O)c3)cc2)cc1. The zero-order valence-electron chi connectivity index (χ0n) is 18.3. The van der Waals surface area contributed by atoms with Crippen LogP contribution in [0.2, 0.25) is 0 Å². The summed E-state index contributed by atoms with van der Waals surface area (Å²) in [6.07, 6.45) is 0.894. The highest BCUT2D eigenvalue weighted by Gasteiger charge is 2.19. The molecule has 0 saturated carbocycles. The maximum atomic E-state index is 12.6. The summed E-state index contributed by atoms with van der Waals surface area (Å²) in [6, 6.07) is 15.8. The van der Waals surface area contributed by atoms with Gasteiger partial charge in [0.25, 0.3) is 17.5 Å². The Morgan fingerprint density at radius 2 is 1.41 bits per heavy atom. The molecule has 0 aliphatic heterocycles. The van der Waals surface area contributed by atoms with E-state index < -0.39 is 26.4 Å². The smallest absolute Gasteiger partial charge is 0.271 e. The molecule has 0 saturated heterocycles. The third-order valence-electron chi connectivity index (χ3n) is 4.62. The molecule has 2 amide bonds. The van der Waals surface area contributed by atoms with Crippen LogP contribution in [0.5, 0.6) is 5.75 Å². The number of ether oxygens (including phenoxy) is 1. The largest absolute Gasteiger partial charge is 0.494 e. The minimum atomic E-state index is -3.77. The quantitative estimate of drug-likeness (QED) is 0.365. The molecular formula is C23H21N3O7S. The first-order valence-corrected chi connectivity index (χ1v) is 11.9. The predicted octanol–water partition coefficient (Wildman–Crippen LogP) is 3.90. The van der Waals surface area contributed by atoms with E-state index in [2.05, 4.69) is 10.6 Å². The molecular weight excluding hydrogens is 462 g/mol. The number of benzene rings is 3. The Morgan fingerprint density at radius 1 is 0.882 bits per heavy atom. The highest BCUT2D eigenvalue weighted by atomic mass is 32.2. The molecule has 3 rings (SSSR count). The number of nitrogens with one attached hydrogen (secondary N) is 2. The van der Waals surface area contributed by atoms with Crippen LogP contribution in [0.4, 0.5) is 17.1 Å². The van der Waals surface area contributed by atoms with Gasteiger partial charge < -0.3 is 15.4 Å². The summed E-state index contributed by atoms with van der Waals surface area (Å²) in [5.41, 5.74) is 0.524. The number of carbonyl (C=O) groups excluding carboxylic acids is 2. The van der Waals surface area contributed by atoms with Gasteiger partial charge in [-0.1, -0.05) is 0 Å². The molecule has 0 heterocycles. The van der Waals surface area contributed by atoms with Crippen LogP contribution in [0, 0.1) is 10.1 Å². The first-order valence-electron chi connectivity index (χ1n) is 10.0. The topological polar surface area (TPSA) is 145 Å². The van der Waals surface area contributed by atoms with Crippen LogP contribution < -0.4 is 15.4 Å². The van der Waals surface area contributed by atoms with E-state index in [1.165, 1.54) is 24.3 Å². The monoisotopic (exact) mass is 483 g/mol. The summed E-state index contributed by atoms with van der Waals surface area (Å²) < 4.78 is 29.0. The second-order valence-electron chi connectivity index (χ2n) is 7.19. The number of sulfone groups is 1. The summed E-state index contributed by atoms with van der Waals surface area (Å²) in [5, 5.41) is 16.4. The molecule has 34 heavy (non-hydrogen) atoms. The second kappa shape index (κ2) is 10.1. The minimum Gasteiger partial charge on any atom is -0.494 e. The maximum absolute atomic E-state index is 12.6. The number of nitro benzene ring substituents is 1. The van der Waals surface area contributed by atoms with Gasteiger partial charge in [-0.05, 0) is 61.5 Å². The lowest BCUT2D eigenvalue weighted by Gasteiger charge is -2.09. The summed E-state index contributed by atoms with van der Waals surface area (Å²) in [5.74, 6) is -0.410. The van der Waals surface area contributed by atoms with Crippen molar-refractivity contribution < 1.29 is 27.7 Å². The standard InChI is InChI=1S/C23H21N3O7S/c1-3-33-20-10-8-18(9-11-20)24-22(27)15-4-6-17(7-5-15)25-23(28)16-12-19(26(29)30)14-21(13-16)34(2,31)32/h4-14H,3H2,1-2H3,(H,24,27)(H,25,28). The number of nitro groups is 1. The van der Waals surface area contributed by atoms with E-state index in [-0.39, 0.29) is 16.4 Å². The summed E-state index contributed by atoms with van der Waals surface area (Å²) in [4.78, 5) is 35.1. The Kier molecular flexibility index (Phi) is 7.27. The van der Waals surface area contributed by atoms with Crippen molar-refractivity contribution in [1.82, 2.24) is 0 Å². The van der Waals surface area contributed by atoms with E-state index in [9.17, 15) is 28.1 Å². The van der Waals surface area contributed by atoms with Gasteiger partial charge in [-0.3, -0.25) is 19.7 Å². The van der Waals surface area contributed by atoms with Crippen LogP contribution >= 0.6 is 0 Å². The lowest BCUT2D eigenvalue weighted by atomic mass is 10.1. The van der Waals surface area contributed by atoms with Crippen molar-refractivity contribution >= 4 is 38.7 Å². The van der Waals surface area contributed by atoms with Crippen molar-refractivity contribution in [1.29, 1.82) is 0 Å². The van der Waals surface area contributed by atoms with Gasteiger partial charge >= 0.3 is 0 Å². The first-order chi connectivity index (χ1) is 16.1. The predicted molar refractivity (Wildman–Crippen MR) is 126 cm³/mol. The molecule has 0 aromatic heterocycles. The average molecular weight is 484 g/mol. The molecule has 0 aliphatic rings. The fraction of sp³-hybridized carbons (Fsp3) is 0.130. The average Bonchev–Trinajstić information content (AvgIpc) is 2.80. The third-order valence-corrected chi connectivity index (χ3v) is 5.71. The Bertz CT molecular complexity index is 1340. The van der Waals surface area contributed by atoms with Crippen molar-refractivity contribution in [2.24, 2.45) is 0 Å². The zero-order valence-corrected chi connectivity index (χ0v) is 19.1. The van der Waals surface area contributed by atoms with Gasteiger partial charge in [-0.25, -0.2) is 8.42 Å². The van der Waals surface area contributed by atoms with E-state index in [1.54, 1.807) is 24.3 Å². The van der Waals surface area contributed by atoms with E-state index in [0.29, 0.717) is 29.3 Å². The molecule has 3 aromatic carbocycles. The normalized spacial score (nSPS) is 10.9. The van der Waals surface area contributed by atoms with Crippen molar-refractivity contribution in [3.05, 3.63) is 88.0 Å². The van der Waals surface area contributed by atoms with Gasteiger partial charge in [-0.15, -0.1) is 0 Å². The van der Waals surface area contributed by atoms with E-state index in [0.717, 1.165) is 24.5 Å². The summed E-state index contributed by atoms with van der Waals surface area (Å²) in [7, 11) is -3.77. The molecule has 0 fully saturated rings. The molecule has 0 atom stereocenters. The fourth-order valence-corrected chi connectivity index (χ4v) is 3.62. The van der Waals surface area contributed by atoms with Gasteiger partial charge in [0, 0.05) is 40.9 Å². The highest BCUT2D eigenvalue weighted by molar-refractivity contribution is 7.90. The zero-order chi connectivity index (χ0) is 24.9. The lowest BCUT2D eigenvalue weighted by Crippen LogP contribution is -2.14. The molecule has 11 heteroatoms. The third kappa shape index (κ3) is 6.17. The number of carbonyl (C=O) groups is 2. The highest BCUT2D eigenvalue weighted by Crippen LogP contribution is 2.22. The van der Waals surface area contributed by atoms with Crippen molar-refractivity contribution in [2.75, 3.05) is 23.5 Å². The molecule has 0 spiro atoms. The lowest BCUT2D eigenvalue weighted by molar-refractivity contribution is -0.385. The molecule has 176 valence electrons. The van der Waals surface area contributed by atoms with Gasteiger partial charge in [-0.2, -0.15) is 0 Å². The fourth-order valence-electron chi connectivity index (χ4n) is 2.95. The van der Waals surface area contributed by atoms with Crippen LogP contribution in [0.3, 0.4) is 0 Å². The van der Waals surface area contributed by atoms with Crippen LogP contribution in [0.1, 0.15) is 27.6 Å².